The molecule has 2 rings (SSSR count). The molecule has 1 saturated heterocycles. The first-order valence-corrected chi connectivity index (χ1v) is 8.42. The summed E-state index contributed by atoms with van der Waals surface area (Å²) in [6.07, 6.45) is 1.15. The molecule has 0 aromatic carbocycles. The van der Waals surface area contributed by atoms with E-state index in [-0.39, 0.29) is 0 Å². The highest BCUT2D eigenvalue weighted by molar-refractivity contribution is 7.11. The number of hydrogen-bond acceptors (Lipinski definition) is 4. The molecule has 0 amide bonds. The number of rotatable bonds is 5. The van der Waals surface area contributed by atoms with Crippen molar-refractivity contribution in [2.75, 3.05) is 33.4 Å². The quantitative estimate of drug-likeness (QED) is 0.669. The molecule has 5 nitrogen and oxygen atoms in total. The summed E-state index contributed by atoms with van der Waals surface area (Å²) in [4.78, 5) is 12.7. The van der Waals surface area contributed by atoms with Gasteiger partial charge in [0, 0.05) is 37.5 Å². The molecular formula is C15H26N4OS. The summed E-state index contributed by atoms with van der Waals surface area (Å²) in [6.45, 7) is 10.5. The van der Waals surface area contributed by atoms with Crippen molar-refractivity contribution >= 4 is 17.3 Å². The Morgan fingerprint density at radius 1 is 1.52 bits per heavy atom. The van der Waals surface area contributed by atoms with E-state index in [2.05, 4.69) is 36.1 Å². The zero-order chi connectivity index (χ0) is 15.2. The molecule has 0 saturated carbocycles. The maximum absolute atomic E-state index is 5.45. The van der Waals surface area contributed by atoms with Gasteiger partial charge in [0.2, 0.25) is 0 Å². The number of aromatic nitrogens is 1. The summed E-state index contributed by atoms with van der Waals surface area (Å²) < 4.78 is 5.45. The zero-order valence-corrected chi connectivity index (χ0v) is 14.3. The average Bonchev–Trinajstić information content (AvgIpc) is 3.04. The van der Waals surface area contributed by atoms with E-state index in [9.17, 15) is 0 Å². The van der Waals surface area contributed by atoms with Gasteiger partial charge in [-0.15, -0.1) is 11.3 Å². The van der Waals surface area contributed by atoms with Crippen LogP contribution in [0.1, 0.15) is 28.9 Å². The molecule has 21 heavy (non-hydrogen) atoms. The molecule has 1 atom stereocenters. The molecule has 1 aromatic heterocycles. The van der Waals surface area contributed by atoms with Crippen molar-refractivity contribution in [3.8, 4) is 0 Å². The number of ether oxygens (including phenoxy) is 1. The Kier molecular flexibility index (Phi) is 5.99. The van der Waals surface area contributed by atoms with Crippen LogP contribution in [0.5, 0.6) is 0 Å². The number of aryl methyl sites for hydroxylation is 2. The van der Waals surface area contributed by atoms with Crippen molar-refractivity contribution in [3.05, 3.63) is 15.6 Å². The first-order valence-electron chi connectivity index (χ1n) is 7.60. The van der Waals surface area contributed by atoms with Gasteiger partial charge in [-0.3, -0.25) is 0 Å². The molecule has 6 heteroatoms. The van der Waals surface area contributed by atoms with E-state index in [0.717, 1.165) is 49.4 Å². The fraction of sp³-hybridized carbons (Fsp3) is 0.733. The normalized spacial score (nSPS) is 19.0. The molecule has 118 valence electrons. The summed E-state index contributed by atoms with van der Waals surface area (Å²) in [5.74, 6) is 1.58. The lowest BCUT2D eigenvalue weighted by Crippen LogP contribution is -2.41. The predicted octanol–water partition coefficient (Wildman–Crippen LogP) is 2.19. The lowest BCUT2D eigenvalue weighted by molar-refractivity contribution is 0.181. The van der Waals surface area contributed by atoms with Gasteiger partial charge in [0.05, 0.1) is 23.9 Å². The second-order valence-corrected chi connectivity index (χ2v) is 6.81. The van der Waals surface area contributed by atoms with E-state index in [1.165, 1.54) is 4.88 Å². The SMILES string of the molecule is CCNC(=NCc1sc(C)nc1C)N(C)CC1CCOC1. The second kappa shape index (κ2) is 7.75. The molecule has 1 aromatic rings. The first kappa shape index (κ1) is 16.2. The molecule has 0 aliphatic carbocycles. The minimum absolute atomic E-state index is 0.617. The number of nitrogens with zero attached hydrogens (tertiary/aromatic N) is 3. The Hall–Kier alpha value is -1.14. The molecule has 1 aliphatic rings. The smallest absolute Gasteiger partial charge is 0.194 e. The number of guanidine groups is 1. The molecule has 1 N–H and O–H groups in total. The Balaban J connectivity index is 1.98. The van der Waals surface area contributed by atoms with Crippen molar-refractivity contribution in [1.82, 2.24) is 15.2 Å². The Labute approximate surface area is 131 Å². The van der Waals surface area contributed by atoms with Crippen LogP contribution < -0.4 is 5.32 Å². The lowest BCUT2D eigenvalue weighted by Gasteiger charge is -2.24. The van der Waals surface area contributed by atoms with Gasteiger partial charge in [0.1, 0.15) is 0 Å². The van der Waals surface area contributed by atoms with Gasteiger partial charge in [-0.05, 0) is 27.2 Å². The van der Waals surface area contributed by atoms with Crippen LogP contribution in [0, 0.1) is 19.8 Å². The van der Waals surface area contributed by atoms with Gasteiger partial charge >= 0.3 is 0 Å². The third-order valence-electron chi connectivity index (χ3n) is 3.62. The summed E-state index contributed by atoms with van der Waals surface area (Å²) in [7, 11) is 2.10. The van der Waals surface area contributed by atoms with E-state index in [1.54, 1.807) is 11.3 Å². The second-order valence-electron chi connectivity index (χ2n) is 5.52. The van der Waals surface area contributed by atoms with Crippen molar-refractivity contribution in [2.45, 2.75) is 33.7 Å². The van der Waals surface area contributed by atoms with Crippen LogP contribution in [0.15, 0.2) is 4.99 Å². The number of hydrogen-bond donors (Lipinski definition) is 1. The van der Waals surface area contributed by atoms with Crippen LogP contribution in [-0.4, -0.2) is 49.2 Å². The van der Waals surface area contributed by atoms with Crippen molar-refractivity contribution in [3.63, 3.8) is 0 Å². The van der Waals surface area contributed by atoms with Crippen LogP contribution in [0.25, 0.3) is 0 Å². The Morgan fingerprint density at radius 3 is 2.90 bits per heavy atom. The fourth-order valence-corrected chi connectivity index (χ4v) is 3.40. The van der Waals surface area contributed by atoms with Crippen molar-refractivity contribution in [2.24, 2.45) is 10.9 Å². The van der Waals surface area contributed by atoms with Gasteiger partial charge in [-0.2, -0.15) is 0 Å². The van der Waals surface area contributed by atoms with E-state index < -0.39 is 0 Å². The molecule has 1 aliphatic heterocycles. The minimum atomic E-state index is 0.617. The van der Waals surface area contributed by atoms with Crippen LogP contribution in [0.3, 0.4) is 0 Å². The van der Waals surface area contributed by atoms with Crippen LogP contribution in [-0.2, 0) is 11.3 Å². The lowest BCUT2D eigenvalue weighted by atomic mass is 10.1. The molecule has 0 radical (unpaired) electrons. The Bertz CT molecular complexity index is 480. The van der Waals surface area contributed by atoms with Gasteiger partial charge in [0.25, 0.3) is 0 Å². The number of nitrogens with one attached hydrogen (secondary N) is 1. The van der Waals surface area contributed by atoms with Gasteiger partial charge < -0.3 is 15.0 Å². The highest BCUT2D eigenvalue weighted by Gasteiger charge is 2.19. The van der Waals surface area contributed by atoms with Crippen molar-refractivity contribution < 1.29 is 4.74 Å². The zero-order valence-electron chi connectivity index (χ0n) is 13.5. The van der Waals surface area contributed by atoms with Gasteiger partial charge in [0.15, 0.2) is 5.96 Å². The summed E-state index contributed by atoms with van der Waals surface area (Å²) in [5, 5.41) is 4.48. The van der Waals surface area contributed by atoms with E-state index in [4.69, 9.17) is 9.73 Å². The van der Waals surface area contributed by atoms with Crippen LogP contribution >= 0.6 is 11.3 Å². The molecule has 2 heterocycles. The maximum Gasteiger partial charge on any atom is 0.194 e. The predicted molar refractivity (Wildman–Crippen MR) is 88.0 cm³/mol. The highest BCUT2D eigenvalue weighted by atomic mass is 32.1. The monoisotopic (exact) mass is 310 g/mol. The largest absolute Gasteiger partial charge is 0.381 e. The summed E-state index contributed by atoms with van der Waals surface area (Å²) in [5.41, 5.74) is 1.10. The molecule has 1 unspecified atom stereocenters. The molecule has 0 bridgehead atoms. The van der Waals surface area contributed by atoms with Gasteiger partial charge in [-0.1, -0.05) is 0 Å². The average molecular weight is 310 g/mol. The maximum atomic E-state index is 5.45. The number of thiazole rings is 1. The number of aliphatic imine (C=N–C) groups is 1. The standard InChI is InChI=1S/C15H26N4OS/c1-5-16-15(19(4)9-13-6-7-20-10-13)17-8-14-11(2)18-12(3)21-14/h13H,5-10H2,1-4H3,(H,16,17). The third-order valence-corrected chi connectivity index (χ3v) is 4.68. The van der Waals surface area contributed by atoms with Crippen LogP contribution in [0.2, 0.25) is 0 Å². The first-order chi connectivity index (χ1) is 10.1. The van der Waals surface area contributed by atoms with Crippen molar-refractivity contribution in [1.29, 1.82) is 0 Å². The van der Waals surface area contributed by atoms with E-state index in [0.29, 0.717) is 12.5 Å². The van der Waals surface area contributed by atoms with E-state index >= 15 is 0 Å². The highest BCUT2D eigenvalue weighted by Crippen LogP contribution is 2.18. The Morgan fingerprint density at radius 2 is 2.33 bits per heavy atom. The minimum Gasteiger partial charge on any atom is -0.381 e. The molecule has 0 spiro atoms. The molecule has 1 fully saturated rings. The fourth-order valence-electron chi connectivity index (χ4n) is 2.54. The van der Waals surface area contributed by atoms with Crippen LogP contribution in [0.4, 0.5) is 0 Å². The summed E-state index contributed by atoms with van der Waals surface area (Å²) in [6, 6.07) is 0. The van der Waals surface area contributed by atoms with E-state index in [1.807, 2.05) is 6.92 Å². The molecular weight excluding hydrogens is 284 g/mol. The summed E-state index contributed by atoms with van der Waals surface area (Å²) >= 11 is 1.73. The van der Waals surface area contributed by atoms with Gasteiger partial charge in [-0.25, -0.2) is 9.98 Å². The topological polar surface area (TPSA) is 49.8 Å². The third kappa shape index (κ3) is 4.68.